The van der Waals surface area contributed by atoms with E-state index in [9.17, 15) is 4.39 Å². The van der Waals surface area contributed by atoms with Crippen molar-refractivity contribution in [2.75, 3.05) is 5.73 Å². The summed E-state index contributed by atoms with van der Waals surface area (Å²) in [7, 11) is 0. The number of nitrogens with zero attached hydrogens (tertiary/aromatic N) is 3. The molecule has 0 unspecified atom stereocenters. The van der Waals surface area contributed by atoms with Gasteiger partial charge in [0, 0.05) is 5.56 Å². The van der Waals surface area contributed by atoms with E-state index in [1.165, 1.54) is 12.3 Å². The van der Waals surface area contributed by atoms with E-state index < -0.39 is 5.82 Å². The number of anilines is 1. The Morgan fingerprint density at radius 3 is 2.84 bits per heavy atom. The fourth-order valence-corrected chi connectivity index (χ4v) is 2.01. The predicted molar refractivity (Wildman–Crippen MR) is 68.8 cm³/mol. The average Bonchev–Trinajstić information content (AvgIpc) is 3.02. The predicted octanol–water partition coefficient (Wildman–Crippen LogP) is 2.24. The molecular formula is C11H8ClFN6. The van der Waals surface area contributed by atoms with Crippen LogP contribution in [0.15, 0.2) is 24.4 Å². The Balaban J connectivity index is 2.26. The van der Waals surface area contributed by atoms with E-state index in [0.29, 0.717) is 17.0 Å². The minimum absolute atomic E-state index is 0.0178. The molecule has 0 amide bonds. The maximum absolute atomic E-state index is 14.1. The van der Waals surface area contributed by atoms with E-state index in [-0.39, 0.29) is 16.4 Å². The normalized spacial score (nSPS) is 10.8. The first-order valence-corrected chi connectivity index (χ1v) is 5.70. The lowest BCUT2D eigenvalue weighted by Gasteiger charge is -2.05. The lowest BCUT2D eigenvalue weighted by Crippen LogP contribution is -1.92. The van der Waals surface area contributed by atoms with Gasteiger partial charge in [0.2, 0.25) is 0 Å². The molecule has 0 atom stereocenters. The molecule has 0 fully saturated rings. The van der Waals surface area contributed by atoms with Gasteiger partial charge < -0.3 is 5.73 Å². The molecule has 3 aromatic rings. The molecule has 19 heavy (non-hydrogen) atoms. The molecule has 0 radical (unpaired) electrons. The van der Waals surface area contributed by atoms with Crippen molar-refractivity contribution >= 4 is 17.4 Å². The summed E-state index contributed by atoms with van der Waals surface area (Å²) in [5, 5.41) is 16.7. The number of rotatable bonds is 2. The molecule has 0 saturated heterocycles. The first-order chi connectivity index (χ1) is 9.18. The summed E-state index contributed by atoms with van der Waals surface area (Å²) in [5.41, 5.74) is 7.42. The highest BCUT2D eigenvalue weighted by Crippen LogP contribution is 2.36. The third-order valence-electron chi connectivity index (χ3n) is 2.69. The van der Waals surface area contributed by atoms with Crippen LogP contribution in [-0.2, 0) is 0 Å². The molecule has 6 nitrogen and oxygen atoms in total. The second-order valence-corrected chi connectivity index (χ2v) is 4.22. The molecule has 0 saturated carbocycles. The van der Waals surface area contributed by atoms with Gasteiger partial charge in [-0.3, -0.25) is 5.10 Å². The zero-order chi connectivity index (χ0) is 13.4. The van der Waals surface area contributed by atoms with Gasteiger partial charge in [0.05, 0.1) is 22.5 Å². The fourth-order valence-electron chi connectivity index (χ4n) is 1.83. The number of hydrogen-bond acceptors (Lipinski definition) is 4. The number of nitrogen functional groups attached to an aromatic ring is 1. The van der Waals surface area contributed by atoms with Crippen LogP contribution in [0.1, 0.15) is 0 Å². The summed E-state index contributed by atoms with van der Waals surface area (Å²) in [4.78, 5) is 0. The Morgan fingerprint density at radius 1 is 1.26 bits per heavy atom. The van der Waals surface area contributed by atoms with E-state index in [1.807, 2.05) is 0 Å². The smallest absolute Gasteiger partial charge is 0.153 e. The third-order valence-corrected chi connectivity index (χ3v) is 2.98. The van der Waals surface area contributed by atoms with Crippen molar-refractivity contribution in [3.8, 4) is 22.5 Å². The number of benzene rings is 1. The Kier molecular flexibility index (Phi) is 2.68. The monoisotopic (exact) mass is 278 g/mol. The molecule has 2 aromatic heterocycles. The maximum Gasteiger partial charge on any atom is 0.153 e. The Labute approximate surface area is 111 Å². The van der Waals surface area contributed by atoms with Crippen LogP contribution >= 0.6 is 11.6 Å². The zero-order valence-electron chi connectivity index (χ0n) is 9.48. The second-order valence-electron chi connectivity index (χ2n) is 3.82. The largest absolute Gasteiger partial charge is 0.382 e. The standard InChI is InChI=1S/C11H8ClFN6/c12-6-3-1-2-5(9(6)13)8-10(17-18-11(8)14)7-4-15-19-16-7/h1-4H,(H3,14,17,18)(H,15,16,19). The van der Waals surface area contributed by atoms with Crippen molar-refractivity contribution in [3.63, 3.8) is 0 Å². The summed E-state index contributed by atoms with van der Waals surface area (Å²) >= 11 is 5.78. The number of nitrogens with two attached hydrogens (primary N) is 1. The van der Waals surface area contributed by atoms with Crippen molar-refractivity contribution in [2.45, 2.75) is 0 Å². The van der Waals surface area contributed by atoms with Crippen molar-refractivity contribution in [3.05, 3.63) is 35.2 Å². The Morgan fingerprint density at radius 2 is 2.11 bits per heavy atom. The minimum Gasteiger partial charge on any atom is -0.382 e. The third kappa shape index (κ3) is 1.84. The van der Waals surface area contributed by atoms with Crippen molar-refractivity contribution in [1.29, 1.82) is 0 Å². The summed E-state index contributed by atoms with van der Waals surface area (Å²) in [6.45, 7) is 0. The zero-order valence-corrected chi connectivity index (χ0v) is 10.2. The van der Waals surface area contributed by atoms with Gasteiger partial charge in [-0.25, -0.2) is 4.39 Å². The van der Waals surface area contributed by atoms with Gasteiger partial charge in [0.15, 0.2) is 5.82 Å². The van der Waals surface area contributed by atoms with Gasteiger partial charge in [0.25, 0.3) is 0 Å². The van der Waals surface area contributed by atoms with Crippen LogP contribution < -0.4 is 5.73 Å². The van der Waals surface area contributed by atoms with E-state index in [2.05, 4.69) is 25.6 Å². The van der Waals surface area contributed by atoms with E-state index in [1.54, 1.807) is 12.1 Å². The lowest BCUT2D eigenvalue weighted by atomic mass is 10.0. The first kappa shape index (κ1) is 11.7. The van der Waals surface area contributed by atoms with Crippen LogP contribution in [-0.4, -0.2) is 25.6 Å². The molecule has 0 spiro atoms. The van der Waals surface area contributed by atoms with Gasteiger partial charge in [-0.15, -0.1) is 0 Å². The van der Waals surface area contributed by atoms with Gasteiger partial charge in [0.1, 0.15) is 11.5 Å². The molecule has 0 aliphatic rings. The average molecular weight is 279 g/mol. The molecule has 0 aliphatic heterocycles. The fraction of sp³-hybridized carbons (Fsp3) is 0. The summed E-state index contributed by atoms with van der Waals surface area (Å²) in [6.07, 6.45) is 1.49. The SMILES string of the molecule is Nc1n[nH]c(-c2cn[nH]n2)c1-c1cccc(Cl)c1F. The quantitative estimate of drug-likeness (QED) is 0.670. The minimum atomic E-state index is -0.554. The van der Waals surface area contributed by atoms with Crippen LogP contribution in [0.3, 0.4) is 0 Å². The molecule has 1 aromatic carbocycles. The van der Waals surface area contributed by atoms with Crippen molar-refractivity contribution < 1.29 is 4.39 Å². The molecule has 8 heteroatoms. The molecule has 4 N–H and O–H groups in total. The lowest BCUT2D eigenvalue weighted by molar-refractivity contribution is 0.632. The molecule has 2 heterocycles. The summed E-state index contributed by atoms with van der Waals surface area (Å²) in [5.74, 6) is -0.388. The molecule has 0 bridgehead atoms. The topological polar surface area (TPSA) is 96.3 Å². The van der Waals surface area contributed by atoms with Crippen LogP contribution in [0.25, 0.3) is 22.5 Å². The second kappa shape index (κ2) is 4.36. The molecule has 96 valence electrons. The highest BCUT2D eigenvalue weighted by Gasteiger charge is 2.20. The number of hydrogen-bond donors (Lipinski definition) is 3. The summed E-state index contributed by atoms with van der Waals surface area (Å²) < 4.78 is 14.1. The number of aromatic nitrogens is 5. The van der Waals surface area contributed by atoms with Gasteiger partial charge in [-0.05, 0) is 6.07 Å². The maximum atomic E-state index is 14.1. The Bertz CT molecular complexity index is 721. The van der Waals surface area contributed by atoms with Crippen LogP contribution in [0.4, 0.5) is 10.2 Å². The number of aromatic amines is 2. The molecular weight excluding hydrogens is 271 g/mol. The van der Waals surface area contributed by atoms with Crippen LogP contribution in [0.5, 0.6) is 0 Å². The highest BCUT2D eigenvalue weighted by molar-refractivity contribution is 6.31. The Hall–Kier alpha value is -2.41. The number of halogens is 2. The number of H-pyrrole nitrogens is 2. The first-order valence-electron chi connectivity index (χ1n) is 5.33. The van der Waals surface area contributed by atoms with E-state index in [4.69, 9.17) is 17.3 Å². The number of nitrogens with one attached hydrogen (secondary N) is 2. The van der Waals surface area contributed by atoms with E-state index >= 15 is 0 Å². The van der Waals surface area contributed by atoms with Gasteiger partial charge >= 0.3 is 0 Å². The summed E-state index contributed by atoms with van der Waals surface area (Å²) in [6, 6.07) is 4.68. The molecule has 3 rings (SSSR count). The van der Waals surface area contributed by atoms with Gasteiger partial charge in [-0.1, -0.05) is 23.7 Å². The van der Waals surface area contributed by atoms with Crippen LogP contribution in [0.2, 0.25) is 5.02 Å². The van der Waals surface area contributed by atoms with Crippen LogP contribution in [0, 0.1) is 5.82 Å². The van der Waals surface area contributed by atoms with E-state index in [0.717, 1.165) is 0 Å². The highest BCUT2D eigenvalue weighted by atomic mass is 35.5. The van der Waals surface area contributed by atoms with Gasteiger partial charge in [-0.2, -0.15) is 20.5 Å². The molecule has 0 aliphatic carbocycles. The van der Waals surface area contributed by atoms with Crippen molar-refractivity contribution in [2.24, 2.45) is 0 Å². The van der Waals surface area contributed by atoms with Crippen molar-refractivity contribution in [1.82, 2.24) is 25.6 Å².